The number of hydrogen-bond acceptors (Lipinski definition) is 8. The second-order valence-corrected chi connectivity index (χ2v) is 8.08. The first-order valence-corrected chi connectivity index (χ1v) is 10.2. The lowest BCUT2D eigenvalue weighted by Gasteiger charge is -2.03. The third kappa shape index (κ3) is 9.72. The van der Waals surface area contributed by atoms with Gasteiger partial charge in [-0.2, -0.15) is 16.8 Å². The van der Waals surface area contributed by atoms with E-state index in [1.54, 1.807) is 0 Å². The maximum absolute atomic E-state index is 11.5. The van der Waals surface area contributed by atoms with Crippen LogP contribution in [0.3, 0.4) is 0 Å². The largest absolute Gasteiger partial charge is 0.328 e. The van der Waals surface area contributed by atoms with Gasteiger partial charge in [-0.05, 0) is 26.7 Å². The van der Waals surface area contributed by atoms with E-state index in [9.17, 15) is 16.8 Å². The predicted molar refractivity (Wildman–Crippen MR) is 85.8 cm³/mol. The molecule has 0 N–H and O–H groups in total. The molecule has 0 amide bonds. The number of rotatable bonds is 11. The molecule has 0 aromatic rings. The fourth-order valence-corrected chi connectivity index (χ4v) is 2.96. The highest BCUT2D eigenvalue weighted by Crippen LogP contribution is 2.02. The Kier molecular flexibility index (Phi) is 9.26. The smallest absolute Gasteiger partial charge is 0.268 e. The van der Waals surface area contributed by atoms with Gasteiger partial charge in [0.05, 0.1) is 11.5 Å². The normalized spacial score (nSPS) is 14.0. The van der Waals surface area contributed by atoms with E-state index in [1.807, 2.05) is 13.8 Å². The predicted octanol–water partition coefficient (Wildman–Crippen LogP) is 2.03. The van der Waals surface area contributed by atoms with Gasteiger partial charge in [0.1, 0.15) is 11.4 Å². The lowest BCUT2D eigenvalue weighted by molar-refractivity contribution is 0.333. The minimum atomic E-state index is -3.73. The molecule has 0 bridgehead atoms. The molecule has 0 spiro atoms. The molecule has 0 radical (unpaired) electrons. The fraction of sp³-hybridized carbons (Fsp3) is 0.833. The van der Waals surface area contributed by atoms with Crippen LogP contribution in [0.4, 0.5) is 0 Å². The van der Waals surface area contributed by atoms with E-state index in [-0.39, 0.29) is 22.9 Å². The number of nitrogens with zero attached hydrogens (tertiary/aromatic N) is 2. The van der Waals surface area contributed by atoms with Gasteiger partial charge in [0.2, 0.25) is 0 Å². The van der Waals surface area contributed by atoms with Gasteiger partial charge < -0.3 is 0 Å². The summed E-state index contributed by atoms with van der Waals surface area (Å²) in [6, 6.07) is 0. The highest BCUT2D eigenvalue weighted by Gasteiger charge is 2.13. The molecule has 0 aromatic heterocycles. The zero-order valence-electron chi connectivity index (χ0n) is 13.4. The van der Waals surface area contributed by atoms with E-state index < -0.39 is 20.2 Å². The first-order valence-electron chi connectivity index (χ1n) is 7.05. The van der Waals surface area contributed by atoms with Crippen LogP contribution in [-0.4, -0.2) is 39.8 Å². The Morgan fingerprint density at radius 3 is 1.36 bits per heavy atom. The third-order valence-corrected chi connectivity index (χ3v) is 4.78. The molecule has 22 heavy (non-hydrogen) atoms. The Bertz CT molecular complexity index is 539. The van der Waals surface area contributed by atoms with Crippen molar-refractivity contribution in [1.82, 2.24) is 0 Å². The molecular formula is C12H24N2O6S2. The van der Waals surface area contributed by atoms with Gasteiger partial charge in [-0.1, -0.05) is 37.0 Å². The minimum absolute atomic E-state index is 0.116. The Morgan fingerprint density at radius 2 is 1.09 bits per heavy atom. The second-order valence-electron chi connectivity index (χ2n) is 4.73. The van der Waals surface area contributed by atoms with Crippen molar-refractivity contribution in [1.29, 1.82) is 0 Å². The summed E-state index contributed by atoms with van der Waals surface area (Å²) in [5, 5.41) is 6.87. The van der Waals surface area contributed by atoms with Gasteiger partial charge >= 0.3 is 20.2 Å². The van der Waals surface area contributed by atoms with E-state index in [0.717, 1.165) is 12.8 Å². The summed E-state index contributed by atoms with van der Waals surface area (Å²) in [7, 11) is -7.46. The summed E-state index contributed by atoms with van der Waals surface area (Å²) < 4.78 is 54.8. The van der Waals surface area contributed by atoms with Crippen LogP contribution in [-0.2, 0) is 28.8 Å². The summed E-state index contributed by atoms with van der Waals surface area (Å²) in [4.78, 5) is 0. The zero-order chi connectivity index (χ0) is 17.2. The van der Waals surface area contributed by atoms with Crippen LogP contribution in [0.2, 0.25) is 0 Å². The molecule has 0 atom stereocenters. The molecular weight excluding hydrogens is 332 g/mol. The van der Waals surface area contributed by atoms with E-state index in [2.05, 4.69) is 18.9 Å². The van der Waals surface area contributed by atoms with Crippen LogP contribution in [0.25, 0.3) is 0 Å². The summed E-state index contributed by atoms with van der Waals surface area (Å²) >= 11 is 0. The molecule has 10 heteroatoms. The SMILES string of the molecule is CCCCS(=O)(=O)ON=C(C)/C(C)=N\OS(=O)(=O)CCCC. The monoisotopic (exact) mass is 356 g/mol. The fourth-order valence-electron chi connectivity index (χ4n) is 1.07. The first-order chi connectivity index (χ1) is 10.1. The van der Waals surface area contributed by atoms with Crippen LogP contribution in [0.1, 0.15) is 53.4 Å². The summed E-state index contributed by atoms with van der Waals surface area (Å²) in [6.07, 6.45) is 2.38. The lowest BCUT2D eigenvalue weighted by atomic mass is 10.3. The maximum Gasteiger partial charge on any atom is 0.328 e. The van der Waals surface area contributed by atoms with Crippen molar-refractivity contribution in [2.45, 2.75) is 53.4 Å². The summed E-state index contributed by atoms with van der Waals surface area (Å²) in [6.45, 7) is 6.60. The van der Waals surface area contributed by atoms with Crippen LogP contribution >= 0.6 is 0 Å². The highest BCUT2D eigenvalue weighted by molar-refractivity contribution is 7.86. The van der Waals surface area contributed by atoms with Gasteiger partial charge in [-0.3, -0.25) is 8.57 Å². The highest BCUT2D eigenvalue weighted by atomic mass is 32.2. The van der Waals surface area contributed by atoms with E-state index in [0.29, 0.717) is 12.8 Å². The van der Waals surface area contributed by atoms with Gasteiger partial charge in [-0.15, -0.1) is 0 Å². The van der Waals surface area contributed by atoms with Crippen molar-refractivity contribution in [3.63, 3.8) is 0 Å². The van der Waals surface area contributed by atoms with Crippen molar-refractivity contribution in [3.8, 4) is 0 Å². The second kappa shape index (κ2) is 9.78. The van der Waals surface area contributed by atoms with Crippen LogP contribution in [0.15, 0.2) is 10.3 Å². The Hall–Kier alpha value is -1.16. The van der Waals surface area contributed by atoms with Crippen LogP contribution in [0, 0.1) is 0 Å². The topological polar surface area (TPSA) is 111 Å². The average Bonchev–Trinajstić information content (AvgIpc) is 2.46. The summed E-state index contributed by atoms with van der Waals surface area (Å²) in [5.74, 6) is -0.253. The molecule has 0 aliphatic rings. The Labute approximate surface area is 132 Å². The quantitative estimate of drug-likeness (QED) is 0.413. The number of unbranched alkanes of at least 4 members (excludes halogenated alkanes) is 2. The molecule has 8 nitrogen and oxygen atoms in total. The van der Waals surface area contributed by atoms with Crippen molar-refractivity contribution >= 4 is 31.7 Å². The first kappa shape index (κ1) is 20.8. The van der Waals surface area contributed by atoms with Crippen molar-refractivity contribution < 1.29 is 25.4 Å². The van der Waals surface area contributed by atoms with Gasteiger partial charge in [0.25, 0.3) is 0 Å². The van der Waals surface area contributed by atoms with E-state index >= 15 is 0 Å². The molecule has 0 fully saturated rings. The average molecular weight is 356 g/mol. The van der Waals surface area contributed by atoms with Crippen molar-refractivity contribution in [2.75, 3.05) is 11.5 Å². The molecule has 0 heterocycles. The standard InChI is InChI=1S/C12H24N2O6S2/c1-5-7-9-21(15,16)19-13-11(3)12(4)14-20-22(17,18)10-8-6-2/h5-10H2,1-4H3/b13-11-,14-12?. The maximum atomic E-state index is 11.5. The molecule has 0 saturated heterocycles. The van der Waals surface area contributed by atoms with E-state index in [1.165, 1.54) is 13.8 Å². The zero-order valence-corrected chi connectivity index (χ0v) is 15.0. The van der Waals surface area contributed by atoms with E-state index in [4.69, 9.17) is 0 Å². The molecule has 0 aromatic carbocycles. The van der Waals surface area contributed by atoms with Crippen LogP contribution in [0.5, 0.6) is 0 Å². The third-order valence-electron chi connectivity index (χ3n) is 2.59. The molecule has 0 rings (SSSR count). The Balaban J connectivity index is 4.67. The molecule has 130 valence electrons. The lowest BCUT2D eigenvalue weighted by Crippen LogP contribution is -2.14. The minimum Gasteiger partial charge on any atom is -0.268 e. The number of hydrogen-bond donors (Lipinski definition) is 0. The van der Waals surface area contributed by atoms with Gasteiger partial charge in [0.15, 0.2) is 0 Å². The number of oxime groups is 2. The van der Waals surface area contributed by atoms with Gasteiger partial charge in [-0.25, -0.2) is 0 Å². The van der Waals surface area contributed by atoms with Gasteiger partial charge in [0, 0.05) is 0 Å². The molecule has 0 aliphatic heterocycles. The van der Waals surface area contributed by atoms with Crippen molar-refractivity contribution in [3.05, 3.63) is 0 Å². The van der Waals surface area contributed by atoms with Crippen LogP contribution < -0.4 is 0 Å². The Morgan fingerprint density at radius 1 is 0.773 bits per heavy atom. The molecule has 0 aliphatic carbocycles. The molecule has 0 unspecified atom stereocenters. The van der Waals surface area contributed by atoms with Crippen molar-refractivity contribution in [2.24, 2.45) is 10.3 Å². The summed E-state index contributed by atoms with van der Waals surface area (Å²) in [5.41, 5.74) is 0.233. The molecule has 0 saturated carbocycles.